The van der Waals surface area contributed by atoms with Crippen LogP contribution < -0.4 is 5.73 Å². The Labute approximate surface area is 117 Å². The van der Waals surface area contributed by atoms with Crippen LogP contribution in [0.5, 0.6) is 0 Å². The molecule has 0 amide bonds. The first-order valence-corrected chi connectivity index (χ1v) is 7.94. The minimum atomic E-state index is -3.28. The molecule has 1 heterocycles. The lowest BCUT2D eigenvalue weighted by atomic mass is 10.0. The van der Waals surface area contributed by atoms with Gasteiger partial charge in [-0.3, -0.25) is 0 Å². The highest BCUT2D eigenvalue weighted by atomic mass is 35.5. The van der Waals surface area contributed by atoms with Crippen molar-refractivity contribution in [2.45, 2.75) is 45.6 Å². The summed E-state index contributed by atoms with van der Waals surface area (Å²) in [5, 5.41) is 0. The molecule has 0 aliphatic carbocycles. The van der Waals surface area contributed by atoms with Crippen LogP contribution in [0.4, 0.5) is 0 Å². The third-order valence-electron chi connectivity index (χ3n) is 3.40. The zero-order valence-corrected chi connectivity index (χ0v) is 13.0. The van der Waals surface area contributed by atoms with E-state index in [1.54, 1.807) is 4.31 Å². The van der Waals surface area contributed by atoms with Crippen molar-refractivity contribution < 1.29 is 8.42 Å². The average Bonchev–Trinajstić information content (AvgIpc) is 2.31. The lowest BCUT2D eigenvalue weighted by Crippen LogP contribution is -2.51. The number of nitrogens with two attached hydrogens (primary N) is 1. The second-order valence-electron chi connectivity index (χ2n) is 4.43. The van der Waals surface area contributed by atoms with Crippen LogP contribution >= 0.6 is 12.4 Å². The molecule has 1 fully saturated rings. The van der Waals surface area contributed by atoms with Gasteiger partial charge in [-0.15, -0.1) is 12.4 Å². The molecule has 0 aromatic carbocycles. The molecule has 1 rings (SSSR count). The SMILES string of the molecule is CCN(CC)S(=O)(=O)N1CCCCC1CCN.Cl. The van der Waals surface area contributed by atoms with Gasteiger partial charge in [-0.05, 0) is 25.8 Å². The maximum atomic E-state index is 12.4. The molecule has 0 bridgehead atoms. The Balaban J connectivity index is 0.00000289. The molecule has 0 saturated carbocycles. The predicted molar refractivity (Wildman–Crippen MR) is 77.1 cm³/mol. The molecule has 0 radical (unpaired) electrons. The molecule has 110 valence electrons. The van der Waals surface area contributed by atoms with Gasteiger partial charge in [-0.25, -0.2) is 0 Å². The summed E-state index contributed by atoms with van der Waals surface area (Å²) in [5.74, 6) is 0. The summed E-state index contributed by atoms with van der Waals surface area (Å²) in [7, 11) is -3.28. The van der Waals surface area contributed by atoms with Crippen molar-refractivity contribution in [3.05, 3.63) is 0 Å². The van der Waals surface area contributed by atoms with Gasteiger partial charge < -0.3 is 5.73 Å². The first-order valence-electron chi connectivity index (χ1n) is 6.54. The van der Waals surface area contributed by atoms with E-state index in [1.165, 1.54) is 4.31 Å². The molecule has 0 aromatic rings. The molecule has 1 aliphatic rings. The summed E-state index contributed by atoms with van der Waals surface area (Å²) in [5.41, 5.74) is 5.57. The van der Waals surface area contributed by atoms with Crippen molar-refractivity contribution >= 4 is 22.6 Å². The van der Waals surface area contributed by atoms with E-state index < -0.39 is 10.2 Å². The predicted octanol–water partition coefficient (Wildman–Crippen LogP) is 1.20. The highest BCUT2D eigenvalue weighted by Gasteiger charge is 2.34. The topological polar surface area (TPSA) is 66.6 Å². The second kappa shape index (κ2) is 8.32. The summed E-state index contributed by atoms with van der Waals surface area (Å²) >= 11 is 0. The van der Waals surface area contributed by atoms with E-state index in [1.807, 2.05) is 13.8 Å². The normalized spacial score (nSPS) is 21.9. The molecule has 1 saturated heterocycles. The molecule has 18 heavy (non-hydrogen) atoms. The van der Waals surface area contributed by atoms with Crippen LogP contribution in [0.15, 0.2) is 0 Å². The average molecular weight is 300 g/mol. The monoisotopic (exact) mass is 299 g/mol. The molecule has 2 N–H and O–H groups in total. The van der Waals surface area contributed by atoms with Gasteiger partial charge in [0.15, 0.2) is 0 Å². The van der Waals surface area contributed by atoms with Crippen molar-refractivity contribution in [1.82, 2.24) is 8.61 Å². The van der Waals surface area contributed by atoms with Crippen LogP contribution in [0.2, 0.25) is 0 Å². The number of halogens is 1. The molecule has 0 aromatic heterocycles. The van der Waals surface area contributed by atoms with Gasteiger partial charge in [-0.2, -0.15) is 17.0 Å². The fraction of sp³-hybridized carbons (Fsp3) is 1.00. The van der Waals surface area contributed by atoms with Gasteiger partial charge in [0.1, 0.15) is 0 Å². The van der Waals surface area contributed by atoms with E-state index in [2.05, 4.69) is 0 Å². The van der Waals surface area contributed by atoms with Crippen LogP contribution in [0.25, 0.3) is 0 Å². The van der Waals surface area contributed by atoms with Gasteiger partial charge in [0.25, 0.3) is 10.2 Å². The summed E-state index contributed by atoms with van der Waals surface area (Å²) in [6.07, 6.45) is 3.77. The molecule has 1 unspecified atom stereocenters. The first kappa shape index (κ1) is 18.1. The lowest BCUT2D eigenvalue weighted by Gasteiger charge is -2.37. The minimum Gasteiger partial charge on any atom is -0.330 e. The first-order chi connectivity index (χ1) is 8.07. The van der Waals surface area contributed by atoms with E-state index in [4.69, 9.17) is 5.73 Å². The highest BCUT2D eigenvalue weighted by molar-refractivity contribution is 7.86. The molecular weight excluding hydrogens is 274 g/mol. The van der Waals surface area contributed by atoms with Crippen LogP contribution in [-0.2, 0) is 10.2 Å². The van der Waals surface area contributed by atoms with Crippen LogP contribution in [0.3, 0.4) is 0 Å². The lowest BCUT2D eigenvalue weighted by molar-refractivity contribution is 0.225. The van der Waals surface area contributed by atoms with E-state index in [0.29, 0.717) is 26.2 Å². The largest absolute Gasteiger partial charge is 0.330 e. The zero-order chi connectivity index (χ0) is 12.9. The van der Waals surface area contributed by atoms with E-state index in [-0.39, 0.29) is 18.4 Å². The zero-order valence-electron chi connectivity index (χ0n) is 11.3. The molecular formula is C11H26ClN3O2S. The van der Waals surface area contributed by atoms with E-state index in [0.717, 1.165) is 25.7 Å². The van der Waals surface area contributed by atoms with Gasteiger partial charge >= 0.3 is 0 Å². The Hall–Kier alpha value is 0.120. The number of piperidine rings is 1. The maximum absolute atomic E-state index is 12.4. The Bertz CT molecular complexity index is 318. The van der Waals surface area contributed by atoms with Gasteiger partial charge in [0, 0.05) is 25.7 Å². The Morgan fingerprint density at radius 2 is 1.89 bits per heavy atom. The fourth-order valence-electron chi connectivity index (χ4n) is 2.46. The summed E-state index contributed by atoms with van der Waals surface area (Å²) in [6.45, 7) is 6.01. The van der Waals surface area contributed by atoms with Crippen molar-refractivity contribution in [3.8, 4) is 0 Å². The molecule has 7 heteroatoms. The fourth-order valence-corrected chi connectivity index (χ4v) is 4.35. The molecule has 0 spiro atoms. The van der Waals surface area contributed by atoms with Crippen molar-refractivity contribution in [2.24, 2.45) is 5.73 Å². The van der Waals surface area contributed by atoms with Crippen LogP contribution in [0, 0.1) is 0 Å². The molecule has 1 aliphatic heterocycles. The maximum Gasteiger partial charge on any atom is 0.282 e. The Morgan fingerprint density at radius 3 is 2.39 bits per heavy atom. The Morgan fingerprint density at radius 1 is 1.28 bits per heavy atom. The van der Waals surface area contributed by atoms with Crippen LogP contribution in [-0.4, -0.2) is 49.2 Å². The highest BCUT2D eigenvalue weighted by Crippen LogP contribution is 2.24. The van der Waals surface area contributed by atoms with Crippen LogP contribution in [0.1, 0.15) is 39.5 Å². The Kier molecular flexibility index (Phi) is 8.38. The second-order valence-corrected chi connectivity index (χ2v) is 6.31. The number of rotatable bonds is 6. The summed E-state index contributed by atoms with van der Waals surface area (Å²) < 4.78 is 28.1. The quantitative estimate of drug-likeness (QED) is 0.801. The third-order valence-corrected chi connectivity index (χ3v) is 5.64. The van der Waals surface area contributed by atoms with Crippen molar-refractivity contribution in [3.63, 3.8) is 0 Å². The van der Waals surface area contributed by atoms with E-state index in [9.17, 15) is 8.42 Å². The number of nitrogens with zero attached hydrogens (tertiary/aromatic N) is 2. The van der Waals surface area contributed by atoms with Gasteiger partial charge in [0.05, 0.1) is 0 Å². The van der Waals surface area contributed by atoms with Gasteiger partial charge in [0.2, 0.25) is 0 Å². The third kappa shape index (κ3) is 4.06. The molecule has 5 nitrogen and oxygen atoms in total. The minimum absolute atomic E-state index is 0. The van der Waals surface area contributed by atoms with Crippen molar-refractivity contribution in [2.75, 3.05) is 26.2 Å². The summed E-state index contributed by atoms with van der Waals surface area (Å²) in [4.78, 5) is 0. The standard InChI is InChI=1S/C11H25N3O2S.ClH/c1-3-13(4-2)17(15,16)14-10-6-5-7-11(14)8-9-12;/h11H,3-10,12H2,1-2H3;1H. The summed E-state index contributed by atoms with van der Waals surface area (Å²) in [6, 6.07) is 0.0966. The van der Waals surface area contributed by atoms with Gasteiger partial charge in [-0.1, -0.05) is 20.3 Å². The van der Waals surface area contributed by atoms with E-state index >= 15 is 0 Å². The smallest absolute Gasteiger partial charge is 0.282 e. The van der Waals surface area contributed by atoms with Crippen molar-refractivity contribution in [1.29, 1.82) is 0 Å². The number of hydrogen-bond acceptors (Lipinski definition) is 3. The number of hydrogen-bond donors (Lipinski definition) is 1. The molecule has 1 atom stereocenters.